The van der Waals surface area contributed by atoms with Crippen molar-refractivity contribution in [1.29, 1.82) is 0 Å². The minimum Gasteiger partial charge on any atom is -0.330 e. The van der Waals surface area contributed by atoms with Crippen LogP contribution in [0.5, 0.6) is 0 Å². The fraction of sp³-hybridized carbons (Fsp3) is 0.500. The molecule has 1 atom stereocenters. The minimum absolute atomic E-state index is 0.0252. The molecule has 1 aromatic heterocycles. The average Bonchev–Trinajstić information content (AvgIpc) is 2.18. The molecule has 78 valence electrons. The van der Waals surface area contributed by atoms with E-state index < -0.39 is 0 Å². The van der Waals surface area contributed by atoms with Crippen LogP contribution in [-0.2, 0) is 0 Å². The van der Waals surface area contributed by atoms with E-state index in [2.05, 4.69) is 4.98 Å². The van der Waals surface area contributed by atoms with Gasteiger partial charge < -0.3 is 11.5 Å². The molecule has 3 nitrogen and oxygen atoms in total. The summed E-state index contributed by atoms with van der Waals surface area (Å²) in [6.07, 6.45) is 4.61. The zero-order valence-corrected chi connectivity index (χ0v) is 8.87. The van der Waals surface area contributed by atoms with Gasteiger partial charge in [-0.1, -0.05) is 24.1 Å². The van der Waals surface area contributed by atoms with Gasteiger partial charge >= 0.3 is 0 Å². The van der Waals surface area contributed by atoms with Crippen LogP contribution in [0.1, 0.15) is 30.9 Å². The van der Waals surface area contributed by atoms with Gasteiger partial charge in [0.25, 0.3) is 0 Å². The van der Waals surface area contributed by atoms with Gasteiger partial charge in [-0.25, -0.2) is 4.98 Å². The van der Waals surface area contributed by atoms with Crippen LogP contribution in [0.15, 0.2) is 18.3 Å². The normalized spacial score (nSPS) is 12.8. The summed E-state index contributed by atoms with van der Waals surface area (Å²) in [6, 6.07) is 3.75. The van der Waals surface area contributed by atoms with Crippen LogP contribution in [-0.4, -0.2) is 11.5 Å². The van der Waals surface area contributed by atoms with Crippen molar-refractivity contribution in [3.63, 3.8) is 0 Å². The van der Waals surface area contributed by atoms with E-state index in [1.165, 1.54) is 0 Å². The zero-order valence-electron chi connectivity index (χ0n) is 8.12. The molecule has 0 saturated heterocycles. The predicted octanol–water partition coefficient (Wildman–Crippen LogP) is 1.86. The lowest BCUT2D eigenvalue weighted by Gasteiger charge is -2.12. The summed E-state index contributed by atoms with van der Waals surface area (Å²) in [5.41, 5.74) is 12.3. The van der Waals surface area contributed by atoms with Gasteiger partial charge in [-0.2, -0.15) is 0 Å². The first-order valence-corrected chi connectivity index (χ1v) is 5.19. The summed E-state index contributed by atoms with van der Waals surface area (Å²) in [7, 11) is 0. The largest absolute Gasteiger partial charge is 0.330 e. The Kier molecular flexibility index (Phi) is 4.87. The highest BCUT2D eigenvalue weighted by molar-refractivity contribution is 6.30. The van der Waals surface area contributed by atoms with Crippen molar-refractivity contribution >= 4 is 11.6 Å². The Morgan fingerprint density at radius 2 is 2.21 bits per heavy atom. The van der Waals surface area contributed by atoms with Crippen LogP contribution >= 0.6 is 11.6 Å². The molecule has 0 bridgehead atoms. The molecule has 0 amide bonds. The summed E-state index contributed by atoms with van der Waals surface area (Å²) in [5.74, 6) is 0. The first kappa shape index (κ1) is 11.4. The van der Waals surface area contributed by atoms with E-state index in [0.29, 0.717) is 11.7 Å². The lowest BCUT2D eigenvalue weighted by molar-refractivity contribution is 0.590. The number of halogens is 1. The van der Waals surface area contributed by atoms with E-state index in [9.17, 15) is 0 Å². The summed E-state index contributed by atoms with van der Waals surface area (Å²) in [6.45, 7) is 0.716. The quantitative estimate of drug-likeness (QED) is 0.580. The smallest absolute Gasteiger partial charge is 0.133 e. The van der Waals surface area contributed by atoms with Crippen LogP contribution in [0.2, 0.25) is 5.15 Å². The van der Waals surface area contributed by atoms with Crippen LogP contribution in [0, 0.1) is 0 Å². The molecule has 4 heteroatoms. The Morgan fingerprint density at radius 3 is 2.86 bits per heavy atom. The van der Waals surface area contributed by atoms with Crippen molar-refractivity contribution in [3.05, 3.63) is 29.0 Å². The van der Waals surface area contributed by atoms with Crippen LogP contribution < -0.4 is 11.5 Å². The van der Waals surface area contributed by atoms with Gasteiger partial charge in [0.2, 0.25) is 0 Å². The second-order valence-electron chi connectivity index (χ2n) is 3.27. The number of hydrogen-bond donors (Lipinski definition) is 2. The molecule has 0 aliphatic heterocycles. The van der Waals surface area contributed by atoms with Crippen LogP contribution in [0.3, 0.4) is 0 Å². The third-order valence-electron chi connectivity index (χ3n) is 2.16. The number of aromatic nitrogens is 1. The maximum Gasteiger partial charge on any atom is 0.133 e. The highest BCUT2D eigenvalue weighted by Crippen LogP contribution is 2.22. The second kappa shape index (κ2) is 5.96. The summed E-state index contributed by atoms with van der Waals surface area (Å²) in [4.78, 5) is 3.99. The first-order valence-electron chi connectivity index (χ1n) is 4.81. The second-order valence-corrected chi connectivity index (χ2v) is 3.63. The standard InChI is InChI=1S/C10H16ClN3/c11-10-8(4-3-7-14-10)9(13)5-1-2-6-12/h3-4,7,9H,1-2,5-6,12-13H2/t9-/m0/s1. The van der Waals surface area contributed by atoms with E-state index >= 15 is 0 Å². The van der Waals surface area contributed by atoms with Gasteiger partial charge in [-0.15, -0.1) is 0 Å². The van der Waals surface area contributed by atoms with E-state index in [4.69, 9.17) is 23.1 Å². The Morgan fingerprint density at radius 1 is 1.43 bits per heavy atom. The monoisotopic (exact) mass is 213 g/mol. The number of nitrogens with zero attached hydrogens (tertiary/aromatic N) is 1. The molecular weight excluding hydrogens is 198 g/mol. The van der Waals surface area contributed by atoms with Gasteiger partial charge in [-0.05, 0) is 25.5 Å². The molecule has 0 aliphatic rings. The fourth-order valence-electron chi connectivity index (χ4n) is 1.34. The Bertz CT molecular complexity index is 278. The van der Waals surface area contributed by atoms with Gasteiger partial charge in [0.15, 0.2) is 0 Å². The molecular formula is C10H16ClN3. The molecule has 1 heterocycles. The Hall–Kier alpha value is -0.640. The van der Waals surface area contributed by atoms with E-state index in [-0.39, 0.29) is 6.04 Å². The topological polar surface area (TPSA) is 64.9 Å². The molecule has 0 fully saturated rings. The van der Waals surface area contributed by atoms with Crippen molar-refractivity contribution in [1.82, 2.24) is 4.98 Å². The molecule has 0 unspecified atom stereocenters. The Labute approximate surface area is 89.5 Å². The molecule has 0 aromatic carbocycles. The number of nitrogens with two attached hydrogens (primary N) is 2. The highest BCUT2D eigenvalue weighted by atomic mass is 35.5. The van der Waals surface area contributed by atoms with Crippen LogP contribution in [0.25, 0.3) is 0 Å². The summed E-state index contributed by atoms with van der Waals surface area (Å²) >= 11 is 5.92. The third kappa shape index (κ3) is 3.25. The lowest BCUT2D eigenvalue weighted by atomic mass is 10.0. The summed E-state index contributed by atoms with van der Waals surface area (Å²) < 4.78 is 0. The van der Waals surface area contributed by atoms with Gasteiger partial charge in [0.05, 0.1) is 0 Å². The van der Waals surface area contributed by atoms with Crippen molar-refractivity contribution in [2.45, 2.75) is 25.3 Å². The van der Waals surface area contributed by atoms with E-state index in [1.54, 1.807) is 6.20 Å². The van der Waals surface area contributed by atoms with Gasteiger partial charge in [0, 0.05) is 17.8 Å². The zero-order chi connectivity index (χ0) is 10.4. The molecule has 0 spiro atoms. The molecule has 0 radical (unpaired) electrons. The lowest BCUT2D eigenvalue weighted by Crippen LogP contribution is -2.12. The van der Waals surface area contributed by atoms with Crippen molar-refractivity contribution < 1.29 is 0 Å². The van der Waals surface area contributed by atoms with E-state index in [1.807, 2.05) is 12.1 Å². The molecule has 1 rings (SSSR count). The fourth-order valence-corrected chi connectivity index (χ4v) is 1.60. The molecule has 1 aromatic rings. The molecule has 0 aliphatic carbocycles. The minimum atomic E-state index is -0.0252. The van der Waals surface area contributed by atoms with E-state index in [0.717, 1.165) is 24.8 Å². The number of unbranched alkanes of at least 4 members (excludes halogenated alkanes) is 1. The van der Waals surface area contributed by atoms with Crippen LogP contribution in [0.4, 0.5) is 0 Å². The predicted molar refractivity (Wildman–Crippen MR) is 59.1 cm³/mol. The number of rotatable bonds is 5. The van der Waals surface area contributed by atoms with Gasteiger partial charge in [-0.3, -0.25) is 0 Å². The number of hydrogen-bond acceptors (Lipinski definition) is 3. The Balaban J connectivity index is 2.51. The number of pyridine rings is 1. The summed E-state index contributed by atoms with van der Waals surface area (Å²) in [5, 5.41) is 0.507. The third-order valence-corrected chi connectivity index (χ3v) is 2.47. The first-order chi connectivity index (χ1) is 6.75. The average molecular weight is 214 g/mol. The van der Waals surface area contributed by atoms with Crippen molar-refractivity contribution in [2.24, 2.45) is 11.5 Å². The van der Waals surface area contributed by atoms with Crippen molar-refractivity contribution in [2.75, 3.05) is 6.54 Å². The highest BCUT2D eigenvalue weighted by Gasteiger charge is 2.09. The maximum atomic E-state index is 5.97. The molecule has 4 N–H and O–H groups in total. The van der Waals surface area contributed by atoms with Crippen molar-refractivity contribution in [3.8, 4) is 0 Å². The van der Waals surface area contributed by atoms with Gasteiger partial charge in [0.1, 0.15) is 5.15 Å². The SMILES string of the molecule is NCCCC[C@H](N)c1cccnc1Cl. The molecule has 14 heavy (non-hydrogen) atoms. The molecule has 0 saturated carbocycles. The maximum absolute atomic E-state index is 5.97.